The number of pyridine rings is 1. The van der Waals surface area contributed by atoms with Gasteiger partial charge in [-0.1, -0.05) is 5.16 Å². The van der Waals surface area contributed by atoms with Crippen LogP contribution in [0, 0.1) is 13.8 Å². The topological polar surface area (TPSA) is 51.0 Å². The Morgan fingerprint density at radius 2 is 2.17 bits per heavy atom. The molecule has 2 aromatic rings. The quantitative estimate of drug-likeness (QED) is 0.859. The minimum absolute atomic E-state index is 0.888. The second kappa shape index (κ2) is 6.00. The maximum atomic E-state index is 5.14. The number of anilines is 1. The van der Waals surface area contributed by atoms with Crippen molar-refractivity contribution in [1.29, 1.82) is 0 Å². The van der Waals surface area contributed by atoms with Gasteiger partial charge in [-0.25, -0.2) is 4.98 Å². The molecule has 0 spiro atoms. The second-order valence-electron chi connectivity index (χ2n) is 4.19. The third-order valence-corrected chi connectivity index (χ3v) is 3.29. The predicted octanol–water partition coefficient (Wildman–Crippen LogP) is 3.49. The summed E-state index contributed by atoms with van der Waals surface area (Å²) in [6.45, 7) is 4.83. The van der Waals surface area contributed by atoms with Crippen LogP contribution in [-0.4, -0.2) is 16.7 Å². The van der Waals surface area contributed by atoms with E-state index in [4.69, 9.17) is 4.52 Å². The summed E-state index contributed by atoms with van der Waals surface area (Å²) < 4.78 is 6.13. The van der Waals surface area contributed by atoms with Crippen molar-refractivity contribution in [3.05, 3.63) is 39.8 Å². The average Bonchev–Trinajstić information content (AvgIpc) is 2.68. The van der Waals surface area contributed by atoms with Gasteiger partial charge in [-0.15, -0.1) is 0 Å². The molecule has 0 amide bonds. The Balaban J connectivity index is 1.78. The molecule has 2 heterocycles. The Morgan fingerprint density at radius 3 is 2.78 bits per heavy atom. The van der Waals surface area contributed by atoms with Crippen LogP contribution >= 0.6 is 15.9 Å². The summed E-state index contributed by atoms with van der Waals surface area (Å²) in [5, 5.41) is 7.24. The molecule has 0 radical (unpaired) electrons. The summed E-state index contributed by atoms with van der Waals surface area (Å²) in [5.41, 5.74) is 2.22. The zero-order valence-electron chi connectivity index (χ0n) is 10.5. The molecule has 0 bridgehead atoms. The summed E-state index contributed by atoms with van der Waals surface area (Å²) >= 11 is 3.36. The molecule has 0 saturated heterocycles. The molecule has 0 saturated carbocycles. The van der Waals surface area contributed by atoms with Crippen LogP contribution in [0.3, 0.4) is 0 Å². The van der Waals surface area contributed by atoms with Gasteiger partial charge >= 0.3 is 0 Å². The minimum Gasteiger partial charge on any atom is -0.370 e. The molecular formula is C13H16BrN3O. The first kappa shape index (κ1) is 13.1. The monoisotopic (exact) mass is 309 g/mol. The van der Waals surface area contributed by atoms with E-state index < -0.39 is 0 Å². The summed E-state index contributed by atoms with van der Waals surface area (Å²) in [7, 11) is 0. The fourth-order valence-electron chi connectivity index (χ4n) is 1.82. The first-order chi connectivity index (χ1) is 8.66. The number of nitrogens with one attached hydrogen (secondary N) is 1. The lowest BCUT2D eigenvalue weighted by molar-refractivity contribution is 0.392. The van der Waals surface area contributed by atoms with Gasteiger partial charge in [-0.2, -0.15) is 0 Å². The SMILES string of the molecule is Cc1noc(C)c1CCCNc1ccc(Br)cn1. The summed E-state index contributed by atoms with van der Waals surface area (Å²) in [4.78, 5) is 4.26. The molecular weight excluding hydrogens is 294 g/mol. The van der Waals surface area contributed by atoms with E-state index in [0.717, 1.165) is 41.1 Å². The molecule has 2 rings (SSSR count). The fourth-order valence-corrected chi connectivity index (χ4v) is 2.06. The molecule has 0 aliphatic heterocycles. The highest BCUT2D eigenvalue weighted by Crippen LogP contribution is 2.14. The highest BCUT2D eigenvalue weighted by Gasteiger charge is 2.07. The highest BCUT2D eigenvalue weighted by atomic mass is 79.9. The van der Waals surface area contributed by atoms with E-state index in [9.17, 15) is 0 Å². The van der Waals surface area contributed by atoms with Gasteiger partial charge in [0.05, 0.1) is 5.69 Å². The van der Waals surface area contributed by atoms with Crippen LogP contribution in [0.2, 0.25) is 0 Å². The number of aryl methyl sites for hydroxylation is 2. The van der Waals surface area contributed by atoms with Crippen molar-refractivity contribution in [2.24, 2.45) is 0 Å². The van der Waals surface area contributed by atoms with E-state index in [2.05, 4.69) is 31.4 Å². The van der Waals surface area contributed by atoms with Crippen LogP contribution in [0.5, 0.6) is 0 Å². The minimum atomic E-state index is 0.888. The zero-order valence-corrected chi connectivity index (χ0v) is 12.1. The molecule has 0 aliphatic carbocycles. The standard InChI is InChI=1S/C13H16BrN3O/c1-9-12(10(2)18-17-9)4-3-7-15-13-6-5-11(14)8-16-13/h5-6,8H,3-4,7H2,1-2H3,(H,15,16). The number of halogens is 1. The first-order valence-corrected chi connectivity index (χ1v) is 6.73. The number of nitrogens with zero attached hydrogens (tertiary/aromatic N) is 2. The normalized spacial score (nSPS) is 10.6. The summed E-state index contributed by atoms with van der Waals surface area (Å²) in [5.74, 6) is 1.83. The third-order valence-electron chi connectivity index (χ3n) is 2.82. The van der Waals surface area contributed by atoms with Gasteiger partial charge in [-0.05, 0) is 54.8 Å². The first-order valence-electron chi connectivity index (χ1n) is 5.94. The lowest BCUT2D eigenvalue weighted by Gasteiger charge is -2.05. The van der Waals surface area contributed by atoms with E-state index in [1.165, 1.54) is 5.56 Å². The van der Waals surface area contributed by atoms with E-state index in [1.807, 2.05) is 26.0 Å². The van der Waals surface area contributed by atoms with Gasteiger partial charge < -0.3 is 9.84 Å². The molecule has 2 aromatic heterocycles. The molecule has 0 aliphatic rings. The Labute approximate surface area is 115 Å². The van der Waals surface area contributed by atoms with Crippen molar-refractivity contribution < 1.29 is 4.52 Å². The zero-order chi connectivity index (χ0) is 13.0. The van der Waals surface area contributed by atoms with Crippen molar-refractivity contribution in [2.75, 3.05) is 11.9 Å². The van der Waals surface area contributed by atoms with Gasteiger partial charge in [0, 0.05) is 22.8 Å². The van der Waals surface area contributed by atoms with Crippen LogP contribution in [0.15, 0.2) is 27.3 Å². The smallest absolute Gasteiger partial charge is 0.137 e. The molecule has 96 valence electrons. The van der Waals surface area contributed by atoms with Gasteiger partial charge in [0.2, 0.25) is 0 Å². The maximum absolute atomic E-state index is 5.14. The van der Waals surface area contributed by atoms with Crippen LogP contribution in [0.1, 0.15) is 23.4 Å². The largest absolute Gasteiger partial charge is 0.370 e. The molecule has 0 fully saturated rings. The van der Waals surface area contributed by atoms with Crippen LogP contribution < -0.4 is 5.32 Å². The lowest BCUT2D eigenvalue weighted by Crippen LogP contribution is -2.04. The lowest BCUT2D eigenvalue weighted by atomic mass is 10.1. The molecule has 5 heteroatoms. The van der Waals surface area contributed by atoms with Crippen molar-refractivity contribution in [1.82, 2.24) is 10.1 Å². The predicted molar refractivity (Wildman–Crippen MR) is 74.7 cm³/mol. The average molecular weight is 310 g/mol. The van der Waals surface area contributed by atoms with Crippen molar-refractivity contribution in [3.8, 4) is 0 Å². The molecule has 0 unspecified atom stereocenters. The van der Waals surface area contributed by atoms with E-state index >= 15 is 0 Å². The molecule has 1 N–H and O–H groups in total. The van der Waals surface area contributed by atoms with Crippen LogP contribution in [0.25, 0.3) is 0 Å². The number of hydrogen-bond donors (Lipinski definition) is 1. The van der Waals surface area contributed by atoms with Gasteiger partial charge in [0.15, 0.2) is 0 Å². The van der Waals surface area contributed by atoms with Crippen LogP contribution in [-0.2, 0) is 6.42 Å². The summed E-state index contributed by atoms with van der Waals surface area (Å²) in [6, 6.07) is 3.93. The van der Waals surface area contributed by atoms with E-state index in [0.29, 0.717) is 0 Å². The Hall–Kier alpha value is -1.36. The molecule has 0 atom stereocenters. The van der Waals surface area contributed by atoms with Gasteiger partial charge in [-0.3, -0.25) is 0 Å². The van der Waals surface area contributed by atoms with Gasteiger partial charge in [0.25, 0.3) is 0 Å². The van der Waals surface area contributed by atoms with Crippen molar-refractivity contribution in [3.63, 3.8) is 0 Å². The molecule has 18 heavy (non-hydrogen) atoms. The van der Waals surface area contributed by atoms with Gasteiger partial charge in [0.1, 0.15) is 11.6 Å². The van der Waals surface area contributed by atoms with E-state index in [1.54, 1.807) is 6.20 Å². The summed E-state index contributed by atoms with van der Waals surface area (Å²) in [6.07, 6.45) is 3.79. The molecule has 0 aromatic carbocycles. The van der Waals surface area contributed by atoms with Crippen molar-refractivity contribution >= 4 is 21.7 Å². The number of rotatable bonds is 5. The molecule has 4 nitrogen and oxygen atoms in total. The number of hydrogen-bond acceptors (Lipinski definition) is 4. The second-order valence-corrected chi connectivity index (χ2v) is 5.11. The Bertz CT molecular complexity index is 488. The van der Waals surface area contributed by atoms with Crippen LogP contribution in [0.4, 0.5) is 5.82 Å². The Morgan fingerprint density at radius 1 is 1.33 bits per heavy atom. The van der Waals surface area contributed by atoms with Crippen molar-refractivity contribution in [2.45, 2.75) is 26.7 Å². The van der Waals surface area contributed by atoms with E-state index in [-0.39, 0.29) is 0 Å². The Kier molecular flexibility index (Phi) is 4.36. The third kappa shape index (κ3) is 3.32. The highest BCUT2D eigenvalue weighted by molar-refractivity contribution is 9.10. The number of aromatic nitrogens is 2. The maximum Gasteiger partial charge on any atom is 0.137 e. The fraction of sp³-hybridized carbons (Fsp3) is 0.385.